The van der Waals surface area contributed by atoms with Crippen LogP contribution in [0.25, 0.3) is 0 Å². The van der Waals surface area contributed by atoms with E-state index in [-0.39, 0.29) is 36.9 Å². The van der Waals surface area contributed by atoms with Gasteiger partial charge in [-0.15, -0.1) is 0 Å². The molecule has 0 radical (unpaired) electrons. The van der Waals surface area contributed by atoms with Crippen LogP contribution in [0.2, 0.25) is 0 Å². The van der Waals surface area contributed by atoms with Gasteiger partial charge in [-0.1, -0.05) is 6.07 Å². The zero-order valence-electron chi connectivity index (χ0n) is 15.5. The standard InChI is InChI=1S/C20H16N4O6/c25-16-6-4-10(8-12(16)20(29)30)22-23-14-3-1-2-11-13(14)9-24(19(11)28)15-5-7-17(26)21-18(15)27/h1-4,6,8,15,23H,5,7,9H2,(H,29,30)(H,21,26,27)/b22-10-. The third-order valence-electron chi connectivity index (χ3n) is 5.08. The van der Waals surface area contributed by atoms with Crippen molar-refractivity contribution >= 4 is 40.9 Å². The molecule has 10 heteroatoms. The summed E-state index contributed by atoms with van der Waals surface area (Å²) >= 11 is 0. The third-order valence-corrected chi connectivity index (χ3v) is 5.08. The first-order valence-electron chi connectivity index (χ1n) is 9.13. The third kappa shape index (κ3) is 3.39. The molecular formula is C20H16N4O6. The second-order valence-corrected chi connectivity index (χ2v) is 6.94. The fraction of sp³-hybridized carbons (Fsp3) is 0.200. The molecule has 3 aliphatic rings. The van der Waals surface area contributed by atoms with Crippen LogP contribution in [-0.2, 0) is 25.7 Å². The maximum absolute atomic E-state index is 12.8. The number of carbonyl (C=O) groups excluding carboxylic acids is 4. The van der Waals surface area contributed by atoms with E-state index in [2.05, 4.69) is 15.8 Å². The average Bonchev–Trinajstić information content (AvgIpc) is 3.04. The number of fused-ring (bicyclic) bond motifs is 1. The van der Waals surface area contributed by atoms with Gasteiger partial charge in [-0.2, -0.15) is 5.10 Å². The Morgan fingerprint density at radius 2 is 2.00 bits per heavy atom. The number of anilines is 1. The molecule has 1 fully saturated rings. The van der Waals surface area contributed by atoms with Gasteiger partial charge in [-0.25, -0.2) is 4.79 Å². The molecule has 0 saturated carbocycles. The second kappa shape index (κ2) is 7.39. The molecule has 3 amide bonds. The van der Waals surface area contributed by atoms with Gasteiger partial charge in [0.05, 0.1) is 11.4 Å². The molecule has 3 N–H and O–H groups in total. The lowest BCUT2D eigenvalue weighted by Gasteiger charge is -2.29. The van der Waals surface area contributed by atoms with E-state index in [4.69, 9.17) is 5.11 Å². The molecule has 2 aliphatic heterocycles. The van der Waals surface area contributed by atoms with Gasteiger partial charge < -0.3 is 10.0 Å². The molecule has 0 spiro atoms. The SMILES string of the molecule is O=C1CCC(N2Cc3c(N/N=C4/C=CC(=O)C(C(=O)O)=C4)cccc3C2=O)C(=O)N1. The number of aliphatic carboxylic acids is 1. The Balaban J connectivity index is 1.57. The summed E-state index contributed by atoms with van der Waals surface area (Å²) < 4.78 is 0. The van der Waals surface area contributed by atoms with Gasteiger partial charge in [0.2, 0.25) is 11.8 Å². The average molecular weight is 408 g/mol. The van der Waals surface area contributed by atoms with Crippen LogP contribution in [0.3, 0.4) is 0 Å². The number of carbonyl (C=O) groups is 5. The number of piperidine rings is 1. The summed E-state index contributed by atoms with van der Waals surface area (Å²) in [5.41, 5.74) is 4.21. The number of hydrogen-bond donors (Lipinski definition) is 3. The summed E-state index contributed by atoms with van der Waals surface area (Å²) in [5.74, 6) is -3.13. The molecule has 1 saturated heterocycles. The first-order valence-corrected chi connectivity index (χ1v) is 9.13. The van der Waals surface area contributed by atoms with E-state index in [1.807, 2.05) is 0 Å². The highest BCUT2D eigenvalue weighted by atomic mass is 16.4. The largest absolute Gasteiger partial charge is 0.478 e. The number of nitrogens with zero attached hydrogens (tertiary/aromatic N) is 2. The predicted molar refractivity (Wildman–Crippen MR) is 103 cm³/mol. The van der Waals surface area contributed by atoms with E-state index < -0.39 is 29.3 Å². The minimum absolute atomic E-state index is 0.165. The number of hydrogen-bond acceptors (Lipinski definition) is 7. The molecular weight excluding hydrogens is 392 g/mol. The van der Waals surface area contributed by atoms with Crippen molar-refractivity contribution in [2.45, 2.75) is 25.4 Å². The van der Waals surface area contributed by atoms with Gasteiger partial charge in [0.1, 0.15) is 11.6 Å². The molecule has 4 rings (SSSR count). The van der Waals surface area contributed by atoms with Gasteiger partial charge in [0, 0.05) is 24.1 Å². The van der Waals surface area contributed by atoms with E-state index in [1.54, 1.807) is 18.2 Å². The molecule has 1 aromatic carbocycles. The summed E-state index contributed by atoms with van der Waals surface area (Å²) in [7, 11) is 0. The van der Waals surface area contributed by atoms with E-state index >= 15 is 0 Å². The summed E-state index contributed by atoms with van der Waals surface area (Å²) in [6.07, 6.45) is 4.08. The number of ketones is 1. The first-order chi connectivity index (χ1) is 14.3. The fourth-order valence-electron chi connectivity index (χ4n) is 3.57. The normalized spacial score (nSPS) is 22.1. The van der Waals surface area contributed by atoms with Crippen LogP contribution in [0.15, 0.2) is 47.1 Å². The van der Waals surface area contributed by atoms with Crippen LogP contribution < -0.4 is 10.7 Å². The topological polar surface area (TPSA) is 145 Å². The number of rotatable bonds is 4. The number of nitrogens with one attached hydrogen (secondary N) is 2. The summed E-state index contributed by atoms with van der Waals surface area (Å²) in [5, 5.41) is 15.4. The van der Waals surface area contributed by atoms with Crippen molar-refractivity contribution in [2.24, 2.45) is 5.10 Å². The van der Waals surface area contributed by atoms with Gasteiger partial charge in [-0.3, -0.25) is 29.9 Å². The summed E-state index contributed by atoms with van der Waals surface area (Å²) in [4.78, 5) is 60.5. The van der Waals surface area contributed by atoms with Gasteiger partial charge in [-0.05, 0) is 36.8 Å². The highest BCUT2D eigenvalue weighted by molar-refractivity contribution is 6.29. The van der Waals surface area contributed by atoms with E-state index in [0.29, 0.717) is 16.8 Å². The Morgan fingerprint density at radius 3 is 2.73 bits per heavy atom. The molecule has 0 bridgehead atoms. The highest BCUT2D eigenvalue weighted by Gasteiger charge is 2.39. The van der Waals surface area contributed by atoms with E-state index in [0.717, 1.165) is 12.2 Å². The van der Waals surface area contributed by atoms with Crippen molar-refractivity contribution in [1.29, 1.82) is 0 Å². The summed E-state index contributed by atoms with van der Waals surface area (Å²) in [6.45, 7) is 0.166. The van der Waals surface area contributed by atoms with Crippen LogP contribution in [0.4, 0.5) is 5.69 Å². The second-order valence-electron chi connectivity index (χ2n) is 6.94. The molecule has 0 aromatic heterocycles. The first kappa shape index (κ1) is 19.2. The number of allylic oxidation sites excluding steroid dienone is 3. The number of benzene rings is 1. The Kier molecular flexibility index (Phi) is 4.74. The van der Waals surface area contributed by atoms with Crippen molar-refractivity contribution < 1.29 is 29.1 Å². The molecule has 1 atom stereocenters. The zero-order valence-corrected chi connectivity index (χ0v) is 15.5. The molecule has 30 heavy (non-hydrogen) atoms. The van der Waals surface area contributed by atoms with Crippen molar-refractivity contribution in [3.8, 4) is 0 Å². The number of carboxylic acid groups (broad SMARTS) is 1. The van der Waals surface area contributed by atoms with Crippen molar-refractivity contribution in [3.05, 3.63) is 53.1 Å². The number of amides is 3. The monoisotopic (exact) mass is 408 g/mol. The van der Waals surface area contributed by atoms with Crippen molar-refractivity contribution in [1.82, 2.24) is 10.2 Å². The van der Waals surface area contributed by atoms with Crippen molar-refractivity contribution in [2.75, 3.05) is 5.43 Å². The molecule has 10 nitrogen and oxygen atoms in total. The minimum atomic E-state index is -1.34. The predicted octanol–water partition coefficient (Wildman–Crippen LogP) is 0.365. The lowest BCUT2D eigenvalue weighted by molar-refractivity contribution is -0.137. The molecule has 1 aliphatic carbocycles. The van der Waals surface area contributed by atoms with E-state index in [1.165, 1.54) is 11.0 Å². The minimum Gasteiger partial charge on any atom is -0.478 e. The quantitative estimate of drug-likeness (QED) is 0.282. The molecule has 2 heterocycles. The Morgan fingerprint density at radius 1 is 1.20 bits per heavy atom. The molecule has 152 valence electrons. The Bertz CT molecular complexity index is 1100. The van der Waals surface area contributed by atoms with Crippen LogP contribution >= 0.6 is 0 Å². The van der Waals surface area contributed by atoms with Gasteiger partial charge in [0.25, 0.3) is 5.91 Å². The smallest absolute Gasteiger partial charge is 0.339 e. The molecule has 1 unspecified atom stereocenters. The van der Waals surface area contributed by atoms with Crippen LogP contribution in [-0.4, -0.2) is 51.2 Å². The maximum Gasteiger partial charge on any atom is 0.339 e. The summed E-state index contributed by atoms with van der Waals surface area (Å²) in [6, 6.07) is 4.27. The zero-order chi connectivity index (χ0) is 21.4. The van der Waals surface area contributed by atoms with Gasteiger partial charge >= 0.3 is 5.97 Å². The Hall–Kier alpha value is -4.08. The van der Waals surface area contributed by atoms with Crippen molar-refractivity contribution in [3.63, 3.8) is 0 Å². The molecule has 1 aromatic rings. The highest BCUT2D eigenvalue weighted by Crippen LogP contribution is 2.32. The van der Waals surface area contributed by atoms with Crippen LogP contribution in [0.1, 0.15) is 28.8 Å². The lowest BCUT2D eigenvalue weighted by atomic mass is 10.0. The maximum atomic E-state index is 12.8. The lowest BCUT2D eigenvalue weighted by Crippen LogP contribution is -2.52. The fourth-order valence-corrected chi connectivity index (χ4v) is 3.57. The van der Waals surface area contributed by atoms with Crippen LogP contribution in [0, 0.1) is 0 Å². The van der Waals surface area contributed by atoms with Gasteiger partial charge in [0.15, 0.2) is 5.78 Å². The number of hydrazone groups is 1. The Labute approximate surface area is 169 Å². The van der Waals surface area contributed by atoms with E-state index in [9.17, 15) is 24.0 Å². The van der Waals surface area contributed by atoms with Crippen LogP contribution in [0.5, 0.6) is 0 Å². The number of carboxylic acids is 1. The number of imide groups is 1.